The van der Waals surface area contributed by atoms with Gasteiger partial charge in [-0.05, 0) is 30.7 Å². The zero-order valence-electron chi connectivity index (χ0n) is 17.8. The average molecular weight is 459 g/mol. The van der Waals surface area contributed by atoms with Gasteiger partial charge in [0.2, 0.25) is 5.95 Å². The number of carbonyl (C=O) groups is 3. The molecule has 13 heteroatoms. The number of carbonyl (C=O) groups excluding carboxylic acids is 1. The van der Waals surface area contributed by atoms with E-state index in [1.807, 2.05) is 11.9 Å². The van der Waals surface area contributed by atoms with E-state index >= 15 is 0 Å². The summed E-state index contributed by atoms with van der Waals surface area (Å²) in [6.45, 7) is 1.04. The van der Waals surface area contributed by atoms with Crippen molar-refractivity contribution in [1.82, 2.24) is 15.3 Å². The van der Waals surface area contributed by atoms with Crippen molar-refractivity contribution >= 4 is 41.0 Å². The van der Waals surface area contributed by atoms with Gasteiger partial charge in [-0.25, -0.2) is 4.79 Å². The molecule has 2 unspecified atom stereocenters. The molecule has 2 atom stereocenters. The molecule has 0 fully saturated rings. The monoisotopic (exact) mass is 459 g/mol. The highest BCUT2D eigenvalue weighted by atomic mass is 16.4. The van der Waals surface area contributed by atoms with Crippen LogP contribution >= 0.6 is 0 Å². The van der Waals surface area contributed by atoms with Gasteiger partial charge < -0.3 is 36.8 Å². The van der Waals surface area contributed by atoms with Gasteiger partial charge in [-0.1, -0.05) is 0 Å². The van der Waals surface area contributed by atoms with Crippen molar-refractivity contribution in [3.63, 3.8) is 0 Å². The second-order valence-electron chi connectivity index (χ2n) is 7.62. The standard InChI is InChI=1S/C20H25N7O6/c1-27(9-11-8-22-16-15(23-11)18(31)26-20(21)25-16)12-4-2-10(3-5-12)17(30)24-13(19(32)33)6-7-14(28)29/h2-5,11,13,23H,6-9H2,1H3,(H,24,30)(H,28,29)(H,32,33)(H4,21,22,25,26,31). The normalized spacial score (nSPS) is 15.4. The van der Waals surface area contributed by atoms with Crippen molar-refractivity contribution in [2.24, 2.45) is 0 Å². The van der Waals surface area contributed by atoms with Crippen LogP contribution in [-0.4, -0.2) is 70.2 Å². The number of nitrogens with zero attached hydrogens (tertiary/aromatic N) is 2. The third-order valence-corrected chi connectivity index (χ3v) is 5.12. The molecule has 0 saturated carbocycles. The van der Waals surface area contributed by atoms with Crippen LogP contribution in [0, 0.1) is 0 Å². The van der Waals surface area contributed by atoms with Crippen molar-refractivity contribution in [1.29, 1.82) is 0 Å². The minimum absolute atomic E-state index is 0.0318. The number of fused-ring (bicyclic) bond motifs is 1. The van der Waals surface area contributed by atoms with Crippen LogP contribution in [0.5, 0.6) is 0 Å². The molecule has 33 heavy (non-hydrogen) atoms. The van der Waals surface area contributed by atoms with Crippen LogP contribution in [0.2, 0.25) is 0 Å². The summed E-state index contributed by atoms with van der Waals surface area (Å²) in [6.07, 6.45) is -0.585. The van der Waals surface area contributed by atoms with Gasteiger partial charge in [0.25, 0.3) is 11.5 Å². The first-order valence-corrected chi connectivity index (χ1v) is 10.1. The molecule has 3 rings (SSSR count). The highest BCUT2D eigenvalue weighted by Crippen LogP contribution is 2.21. The molecule has 0 bridgehead atoms. The molecule has 2 aromatic rings. The van der Waals surface area contributed by atoms with Gasteiger partial charge in [0.1, 0.15) is 11.7 Å². The second kappa shape index (κ2) is 9.89. The Morgan fingerprint density at radius 2 is 1.97 bits per heavy atom. The molecule has 0 aliphatic carbocycles. The van der Waals surface area contributed by atoms with Crippen molar-refractivity contribution in [2.75, 3.05) is 41.4 Å². The third-order valence-electron chi connectivity index (χ3n) is 5.12. The molecule has 1 aromatic carbocycles. The number of H-pyrrole nitrogens is 1. The van der Waals surface area contributed by atoms with Gasteiger partial charge in [0.05, 0.1) is 6.04 Å². The maximum atomic E-state index is 12.4. The Labute approximate surface area is 188 Å². The minimum Gasteiger partial charge on any atom is -0.481 e. The van der Waals surface area contributed by atoms with Crippen molar-refractivity contribution in [2.45, 2.75) is 24.9 Å². The van der Waals surface area contributed by atoms with E-state index in [1.165, 1.54) is 0 Å². The Balaban J connectivity index is 1.60. The zero-order valence-corrected chi connectivity index (χ0v) is 17.8. The average Bonchev–Trinajstić information content (AvgIpc) is 2.76. The second-order valence-corrected chi connectivity index (χ2v) is 7.62. The molecule has 8 N–H and O–H groups in total. The number of nitrogens with two attached hydrogens (primary N) is 1. The number of aliphatic carboxylic acids is 2. The van der Waals surface area contributed by atoms with Crippen LogP contribution in [-0.2, 0) is 9.59 Å². The molecular formula is C20H25N7O6. The molecule has 0 spiro atoms. The van der Waals surface area contributed by atoms with Gasteiger partial charge in [-0.15, -0.1) is 0 Å². The molecule has 1 aliphatic rings. The van der Waals surface area contributed by atoms with E-state index in [-0.39, 0.29) is 36.0 Å². The van der Waals surface area contributed by atoms with E-state index in [4.69, 9.17) is 10.8 Å². The van der Waals surface area contributed by atoms with Crippen LogP contribution in [0.15, 0.2) is 29.1 Å². The molecular weight excluding hydrogens is 434 g/mol. The number of amides is 1. The Bertz CT molecular complexity index is 1100. The zero-order chi connectivity index (χ0) is 24.1. The molecule has 0 radical (unpaired) electrons. The summed E-state index contributed by atoms with van der Waals surface area (Å²) < 4.78 is 0. The molecule has 1 amide bonds. The van der Waals surface area contributed by atoms with Crippen molar-refractivity contribution < 1.29 is 24.6 Å². The lowest BCUT2D eigenvalue weighted by atomic mass is 10.1. The Kier molecular flexibility index (Phi) is 7.00. The predicted octanol–water partition coefficient (Wildman–Crippen LogP) is -0.258. The number of aromatic nitrogens is 2. The highest BCUT2D eigenvalue weighted by molar-refractivity contribution is 5.97. The van der Waals surface area contributed by atoms with Gasteiger partial charge in [-0.3, -0.25) is 19.4 Å². The van der Waals surface area contributed by atoms with Crippen LogP contribution < -0.4 is 32.1 Å². The summed E-state index contributed by atoms with van der Waals surface area (Å²) in [5.41, 5.74) is 6.54. The molecule has 2 heterocycles. The first-order chi connectivity index (χ1) is 15.6. The Morgan fingerprint density at radius 1 is 1.27 bits per heavy atom. The number of benzene rings is 1. The predicted molar refractivity (Wildman–Crippen MR) is 121 cm³/mol. The number of rotatable bonds is 9. The van der Waals surface area contributed by atoms with Crippen LogP contribution in [0.4, 0.5) is 23.1 Å². The van der Waals surface area contributed by atoms with E-state index in [0.717, 1.165) is 5.69 Å². The molecule has 13 nitrogen and oxygen atoms in total. The SMILES string of the molecule is CN(CC1CNc2nc(N)[nH]c(=O)c2N1)c1ccc(C(=O)NC(CCC(=O)O)C(=O)O)cc1. The van der Waals surface area contributed by atoms with E-state index < -0.39 is 23.9 Å². The highest BCUT2D eigenvalue weighted by Gasteiger charge is 2.24. The lowest BCUT2D eigenvalue weighted by Crippen LogP contribution is -2.44. The van der Waals surface area contributed by atoms with Gasteiger partial charge >= 0.3 is 11.9 Å². The van der Waals surface area contributed by atoms with E-state index in [9.17, 15) is 24.3 Å². The Hall–Kier alpha value is -4.29. The summed E-state index contributed by atoms with van der Waals surface area (Å²) in [5, 5.41) is 26.5. The molecule has 1 aromatic heterocycles. The maximum Gasteiger partial charge on any atom is 0.326 e. The lowest BCUT2D eigenvalue weighted by molar-refractivity contribution is -0.140. The number of hydrogen-bond acceptors (Lipinski definition) is 9. The van der Waals surface area contributed by atoms with E-state index in [1.54, 1.807) is 24.3 Å². The molecule has 176 valence electrons. The largest absolute Gasteiger partial charge is 0.481 e. The lowest BCUT2D eigenvalue weighted by Gasteiger charge is -2.31. The molecule has 0 saturated heterocycles. The summed E-state index contributed by atoms with van der Waals surface area (Å²) in [5.74, 6) is -2.62. The smallest absolute Gasteiger partial charge is 0.326 e. The van der Waals surface area contributed by atoms with Crippen LogP contribution in [0.25, 0.3) is 0 Å². The van der Waals surface area contributed by atoms with Gasteiger partial charge in [0.15, 0.2) is 5.82 Å². The first kappa shape index (κ1) is 23.4. The van der Waals surface area contributed by atoms with Crippen molar-refractivity contribution in [3.8, 4) is 0 Å². The first-order valence-electron chi connectivity index (χ1n) is 10.1. The maximum absolute atomic E-state index is 12.4. The third kappa shape index (κ3) is 5.90. The summed E-state index contributed by atoms with van der Waals surface area (Å²) in [6, 6.07) is 5.12. The topological polar surface area (TPSA) is 203 Å². The number of carboxylic acid groups (broad SMARTS) is 2. The number of hydrogen-bond donors (Lipinski definition) is 7. The number of aromatic amines is 1. The number of anilines is 4. The number of nitrogen functional groups attached to an aromatic ring is 1. The number of carboxylic acids is 2. The van der Waals surface area contributed by atoms with E-state index in [2.05, 4.69) is 25.9 Å². The van der Waals surface area contributed by atoms with Crippen LogP contribution in [0.1, 0.15) is 23.2 Å². The quantitative estimate of drug-likeness (QED) is 0.260. The van der Waals surface area contributed by atoms with Gasteiger partial charge in [-0.2, -0.15) is 4.98 Å². The fraction of sp³-hybridized carbons (Fsp3) is 0.350. The summed E-state index contributed by atoms with van der Waals surface area (Å²) in [4.78, 5) is 54.8. The van der Waals surface area contributed by atoms with Crippen molar-refractivity contribution in [3.05, 3.63) is 40.2 Å². The van der Waals surface area contributed by atoms with Crippen LogP contribution in [0.3, 0.4) is 0 Å². The fourth-order valence-electron chi connectivity index (χ4n) is 3.41. The minimum atomic E-state index is -1.30. The summed E-state index contributed by atoms with van der Waals surface area (Å²) in [7, 11) is 1.85. The fourth-order valence-corrected chi connectivity index (χ4v) is 3.41. The number of likely N-dealkylation sites (N-methyl/N-ethyl adjacent to an activating group) is 1. The van der Waals surface area contributed by atoms with E-state index in [0.29, 0.717) is 24.6 Å². The molecule has 1 aliphatic heterocycles. The number of nitrogens with one attached hydrogen (secondary N) is 4. The Morgan fingerprint density at radius 3 is 2.61 bits per heavy atom. The van der Waals surface area contributed by atoms with Gasteiger partial charge in [0, 0.05) is 37.8 Å². The summed E-state index contributed by atoms with van der Waals surface area (Å²) >= 11 is 0.